The number of hydrogen-bond donors (Lipinski definition) is 2. The molecule has 0 radical (unpaired) electrons. The lowest BCUT2D eigenvalue weighted by molar-refractivity contribution is 0.0815. The SMILES string of the molecule is O=C(O)N1CC(n2cc3nc(CO)ccc3n2)C1. The van der Waals surface area contributed by atoms with Gasteiger partial charge in [0, 0.05) is 13.1 Å². The van der Waals surface area contributed by atoms with Crippen molar-refractivity contribution >= 4 is 17.1 Å². The predicted molar refractivity (Wildman–Crippen MR) is 62.1 cm³/mol. The van der Waals surface area contributed by atoms with Crippen molar-refractivity contribution in [1.82, 2.24) is 19.7 Å². The van der Waals surface area contributed by atoms with Crippen LogP contribution in [0.15, 0.2) is 18.3 Å². The summed E-state index contributed by atoms with van der Waals surface area (Å²) in [6, 6.07) is 3.61. The summed E-state index contributed by atoms with van der Waals surface area (Å²) in [5.41, 5.74) is 2.07. The van der Waals surface area contributed by atoms with Crippen LogP contribution in [0.4, 0.5) is 4.79 Å². The third kappa shape index (κ3) is 1.68. The van der Waals surface area contributed by atoms with Gasteiger partial charge in [-0.15, -0.1) is 0 Å². The molecular weight excluding hydrogens is 236 g/mol. The molecule has 7 heteroatoms. The summed E-state index contributed by atoms with van der Waals surface area (Å²) in [6.45, 7) is 0.809. The van der Waals surface area contributed by atoms with Crippen molar-refractivity contribution in [2.75, 3.05) is 13.1 Å². The number of carbonyl (C=O) groups is 1. The molecule has 0 saturated carbocycles. The number of rotatable bonds is 2. The van der Waals surface area contributed by atoms with Crippen LogP contribution in [0.1, 0.15) is 11.7 Å². The largest absolute Gasteiger partial charge is 0.465 e. The Labute approximate surface area is 102 Å². The highest BCUT2D eigenvalue weighted by Crippen LogP contribution is 2.22. The molecule has 2 aromatic rings. The van der Waals surface area contributed by atoms with E-state index < -0.39 is 6.09 Å². The summed E-state index contributed by atoms with van der Waals surface area (Å²) in [6.07, 6.45) is 0.891. The highest BCUT2D eigenvalue weighted by Gasteiger charge is 2.32. The average Bonchev–Trinajstić information content (AvgIpc) is 2.68. The summed E-state index contributed by atoms with van der Waals surface area (Å²) in [7, 11) is 0. The van der Waals surface area contributed by atoms with Gasteiger partial charge in [-0.2, -0.15) is 5.10 Å². The zero-order valence-electron chi connectivity index (χ0n) is 9.52. The number of carboxylic acid groups (broad SMARTS) is 1. The number of hydrogen-bond acceptors (Lipinski definition) is 4. The van der Waals surface area contributed by atoms with Crippen molar-refractivity contribution in [1.29, 1.82) is 0 Å². The minimum atomic E-state index is -0.899. The van der Waals surface area contributed by atoms with E-state index in [1.54, 1.807) is 23.0 Å². The molecule has 2 aromatic heterocycles. The molecule has 1 aliphatic heterocycles. The molecule has 94 valence electrons. The molecule has 3 rings (SSSR count). The Balaban J connectivity index is 1.84. The maximum absolute atomic E-state index is 10.7. The first-order valence-corrected chi connectivity index (χ1v) is 5.61. The van der Waals surface area contributed by atoms with Gasteiger partial charge in [0.15, 0.2) is 0 Å². The van der Waals surface area contributed by atoms with Gasteiger partial charge in [-0.05, 0) is 12.1 Å². The van der Waals surface area contributed by atoms with Crippen LogP contribution in [0, 0.1) is 0 Å². The van der Waals surface area contributed by atoms with Gasteiger partial charge in [0.05, 0.1) is 24.5 Å². The summed E-state index contributed by atoms with van der Waals surface area (Å²) in [5.74, 6) is 0. The van der Waals surface area contributed by atoms with Gasteiger partial charge in [0.25, 0.3) is 0 Å². The van der Waals surface area contributed by atoms with Crippen LogP contribution in [-0.2, 0) is 6.61 Å². The van der Waals surface area contributed by atoms with Gasteiger partial charge in [-0.1, -0.05) is 0 Å². The van der Waals surface area contributed by atoms with Gasteiger partial charge < -0.3 is 15.1 Å². The lowest BCUT2D eigenvalue weighted by Crippen LogP contribution is -2.50. The number of aliphatic hydroxyl groups is 1. The van der Waals surface area contributed by atoms with Crippen molar-refractivity contribution < 1.29 is 15.0 Å². The van der Waals surface area contributed by atoms with Gasteiger partial charge >= 0.3 is 6.09 Å². The minimum Gasteiger partial charge on any atom is -0.465 e. The molecule has 0 unspecified atom stereocenters. The first-order chi connectivity index (χ1) is 8.67. The molecule has 0 aromatic carbocycles. The Kier molecular flexibility index (Phi) is 2.41. The number of nitrogens with zero attached hydrogens (tertiary/aromatic N) is 4. The molecule has 1 amide bonds. The molecular formula is C11H12N4O3. The van der Waals surface area contributed by atoms with Crippen LogP contribution in [0.25, 0.3) is 11.0 Å². The Bertz CT molecular complexity index is 603. The summed E-state index contributed by atoms with van der Waals surface area (Å²) >= 11 is 0. The zero-order chi connectivity index (χ0) is 12.7. The molecule has 1 fully saturated rings. The second-order valence-electron chi connectivity index (χ2n) is 4.32. The minimum absolute atomic E-state index is 0.0767. The number of aromatic nitrogens is 3. The van der Waals surface area contributed by atoms with Gasteiger partial charge in [-0.3, -0.25) is 4.68 Å². The van der Waals surface area contributed by atoms with Gasteiger partial charge in [0.1, 0.15) is 11.0 Å². The Hall–Kier alpha value is -2.15. The lowest BCUT2D eigenvalue weighted by Gasteiger charge is -2.36. The molecule has 0 atom stereocenters. The molecule has 0 spiro atoms. The fraction of sp³-hybridized carbons (Fsp3) is 0.364. The molecule has 2 N–H and O–H groups in total. The monoisotopic (exact) mass is 248 g/mol. The van der Waals surface area contributed by atoms with E-state index in [0.717, 1.165) is 11.0 Å². The summed E-state index contributed by atoms with van der Waals surface area (Å²) in [5, 5.41) is 22.1. The molecule has 18 heavy (non-hydrogen) atoms. The molecule has 1 saturated heterocycles. The molecule has 7 nitrogen and oxygen atoms in total. The number of likely N-dealkylation sites (tertiary alicyclic amines) is 1. The first-order valence-electron chi connectivity index (χ1n) is 5.61. The van der Waals surface area contributed by atoms with Crippen molar-refractivity contribution in [2.45, 2.75) is 12.6 Å². The second kappa shape index (κ2) is 3.95. The van der Waals surface area contributed by atoms with E-state index in [9.17, 15) is 4.79 Å². The standard InChI is InChI=1S/C11H12N4O3/c16-6-7-1-2-9-10(12-7)5-15(13-9)8-3-14(4-8)11(17)18/h1-2,5,8,16H,3-4,6H2,(H,17,18). The second-order valence-corrected chi connectivity index (χ2v) is 4.32. The van der Waals surface area contributed by atoms with E-state index in [4.69, 9.17) is 10.2 Å². The summed E-state index contributed by atoms with van der Waals surface area (Å²) in [4.78, 5) is 16.3. The van der Waals surface area contributed by atoms with E-state index >= 15 is 0 Å². The fourth-order valence-corrected chi connectivity index (χ4v) is 2.02. The van der Waals surface area contributed by atoms with Crippen LogP contribution in [-0.4, -0.2) is 49.1 Å². The third-order valence-electron chi connectivity index (χ3n) is 3.11. The topological polar surface area (TPSA) is 91.5 Å². The maximum atomic E-state index is 10.7. The van der Waals surface area contributed by atoms with Crippen LogP contribution < -0.4 is 0 Å². The molecule has 0 aliphatic carbocycles. The normalized spacial score (nSPS) is 15.9. The highest BCUT2D eigenvalue weighted by atomic mass is 16.4. The van der Waals surface area contributed by atoms with E-state index in [2.05, 4.69) is 10.1 Å². The number of aliphatic hydroxyl groups excluding tert-OH is 1. The smallest absolute Gasteiger partial charge is 0.407 e. The predicted octanol–water partition coefficient (Wildman–Crippen LogP) is 0.458. The number of pyridine rings is 1. The quantitative estimate of drug-likeness (QED) is 0.805. The van der Waals surface area contributed by atoms with E-state index in [0.29, 0.717) is 18.8 Å². The molecule has 3 heterocycles. The first kappa shape index (κ1) is 11.0. The molecule has 0 bridgehead atoms. The average molecular weight is 248 g/mol. The third-order valence-corrected chi connectivity index (χ3v) is 3.11. The Morgan fingerprint density at radius 2 is 2.17 bits per heavy atom. The van der Waals surface area contributed by atoms with Crippen molar-refractivity contribution in [2.24, 2.45) is 0 Å². The van der Waals surface area contributed by atoms with Crippen LogP contribution in [0.5, 0.6) is 0 Å². The van der Waals surface area contributed by atoms with Crippen LogP contribution in [0.2, 0.25) is 0 Å². The van der Waals surface area contributed by atoms with Crippen molar-refractivity contribution in [3.8, 4) is 0 Å². The summed E-state index contributed by atoms with van der Waals surface area (Å²) < 4.78 is 1.75. The number of amides is 1. The van der Waals surface area contributed by atoms with Crippen LogP contribution >= 0.6 is 0 Å². The Morgan fingerprint density at radius 1 is 1.39 bits per heavy atom. The van der Waals surface area contributed by atoms with Crippen molar-refractivity contribution in [3.63, 3.8) is 0 Å². The van der Waals surface area contributed by atoms with Gasteiger partial charge in [-0.25, -0.2) is 9.78 Å². The van der Waals surface area contributed by atoms with Gasteiger partial charge in [0.2, 0.25) is 0 Å². The fourth-order valence-electron chi connectivity index (χ4n) is 2.02. The Morgan fingerprint density at radius 3 is 2.83 bits per heavy atom. The highest BCUT2D eigenvalue weighted by molar-refractivity contribution is 5.73. The van der Waals surface area contributed by atoms with E-state index in [1.807, 2.05) is 0 Å². The number of fused-ring (bicyclic) bond motifs is 1. The molecule has 1 aliphatic rings. The zero-order valence-corrected chi connectivity index (χ0v) is 9.52. The van der Waals surface area contributed by atoms with E-state index in [-0.39, 0.29) is 12.6 Å². The van der Waals surface area contributed by atoms with Crippen molar-refractivity contribution in [3.05, 3.63) is 24.0 Å². The lowest BCUT2D eigenvalue weighted by atomic mass is 10.1. The van der Waals surface area contributed by atoms with Crippen LogP contribution in [0.3, 0.4) is 0 Å². The maximum Gasteiger partial charge on any atom is 0.407 e. The van der Waals surface area contributed by atoms with E-state index in [1.165, 1.54) is 4.90 Å².